The second-order valence-corrected chi connectivity index (χ2v) is 5.69. The maximum Gasteiger partial charge on any atom is 0.255 e. The third-order valence-corrected chi connectivity index (χ3v) is 4.15. The van der Waals surface area contributed by atoms with Crippen LogP contribution >= 0.6 is 11.6 Å². The molecule has 0 saturated heterocycles. The summed E-state index contributed by atoms with van der Waals surface area (Å²) in [5, 5.41) is 0. The predicted octanol–water partition coefficient (Wildman–Crippen LogP) is 2.77. The Hall–Kier alpha value is -0.800. The molecular weight excluding hydrogens is 260 g/mol. The lowest BCUT2D eigenvalue weighted by molar-refractivity contribution is 0.303. The van der Waals surface area contributed by atoms with Gasteiger partial charge in [0.15, 0.2) is 0 Å². The van der Waals surface area contributed by atoms with Gasteiger partial charge in [0, 0.05) is 37.3 Å². The summed E-state index contributed by atoms with van der Waals surface area (Å²) in [5.41, 5.74) is 3.37. The number of hydrogen-bond acceptors (Lipinski definition) is 2. The molecule has 106 valence electrons. The Morgan fingerprint density at radius 2 is 2.16 bits per heavy atom. The highest BCUT2D eigenvalue weighted by Gasteiger charge is 2.19. The first-order chi connectivity index (χ1) is 9.17. The van der Waals surface area contributed by atoms with Crippen molar-refractivity contribution >= 4 is 11.6 Å². The largest absolute Gasteiger partial charge is 0.312 e. The van der Waals surface area contributed by atoms with Crippen molar-refractivity contribution in [3.05, 3.63) is 33.2 Å². The number of nitrogens with zero attached hydrogens (tertiary/aromatic N) is 2. The van der Waals surface area contributed by atoms with Gasteiger partial charge in [0.1, 0.15) is 0 Å². The van der Waals surface area contributed by atoms with Gasteiger partial charge >= 0.3 is 0 Å². The molecule has 0 bridgehead atoms. The minimum Gasteiger partial charge on any atom is -0.312 e. The Balaban J connectivity index is 2.38. The van der Waals surface area contributed by atoms with E-state index in [1.54, 1.807) is 0 Å². The molecule has 0 N–H and O–H groups in total. The third-order valence-electron chi connectivity index (χ3n) is 3.86. The number of halogens is 1. The van der Waals surface area contributed by atoms with Crippen LogP contribution in [0.15, 0.2) is 10.9 Å². The van der Waals surface area contributed by atoms with E-state index in [1.165, 1.54) is 24.1 Å². The molecule has 19 heavy (non-hydrogen) atoms. The molecule has 1 aromatic heterocycles. The van der Waals surface area contributed by atoms with E-state index in [9.17, 15) is 4.79 Å². The van der Waals surface area contributed by atoms with E-state index < -0.39 is 0 Å². The first-order valence-electron chi connectivity index (χ1n) is 7.16. The summed E-state index contributed by atoms with van der Waals surface area (Å²) in [6, 6.07) is 2.01. The van der Waals surface area contributed by atoms with E-state index in [-0.39, 0.29) is 5.56 Å². The molecule has 1 aromatic rings. The molecule has 0 atom stereocenters. The van der Waals surface area contributed by atoms with Crippen LogP contribution in [0, 0.1) is 0 Å². The van der Waals surface area contributed by atoms with Gasteiger partial charge in [-0.05, 0) is 25.1 Å². The molecule has 1 aliphatic heterocycles. The van der Waals surface area contributed by atoms with Gasteiger partial charge in [-0.3, -0.25) is 4.79 Å². The standard InChI is InChI=1S/C15H23ClN2O/c1-3-4-5-7-18-14-6-8-17(2)11-13(14)9-12(10-16)15(18)19/h9H,3-8,10-11H2,1-2H3. The molecule has 2 heterocycles. The molecule has 4 heteroatoms. The summed E-state index contributed by atoms with van der Waals surface area (Å²) < 4.78 is 1.98. The lowest BCUT2D eigenvalue weighted by atomic mass is 10.0. The van der Waals surface area contributed by atoms with Crippen molar-refractivity contribution in [2.75, 3.05) is 13.6 Å². The van der Waals surface area contributed by atoms with Crippen molar-refractivity contribution < 1.29 is 0 Å². The van der Waals surface area contributed by atoms with E-state index in [0.29, 0.717) is 5.88 Å². The summed E-state index contributed by atoms with van der Waals surface area (Å²) in [6.07, 6.45) is 4.39. The third kappa shape index (κ3) is 3.21. The number of unbranched alkanes of at least 4 members (excludes halogenated alkanes) is 2. The first kappa shape index (κ1) is 14.6. The van der Waals surface area contributed by atoms with E-state index >= 15 is 0 Å². The van der Waals surface area contributed by atoms with Gasteiger partial charge in [0.2, 0.25) is 0 Å². The molecule has 3 nitrogen and oxygen atoms in total. The van der Waals surface area contributed by atoms with Gasteiger partial charge in [-0.25, -0.2) is 0 Å². The Labute approximate surface area is 120 Å². The molecule has 0 fully saturated rings. The lowest BCUT2D eigenvalue weighted by Crippen LogP contribution is -2.35. The summed E-state index contributed by atoms with van der Waals surface area (Å²) >= 11 is 5.92. The van der Waals surface area contributed by atoms with Crippen molar-refractivity contribution in [2.24, 2.45) is 0 Å². The van der Waals surface area contributed by atoms with E-state index in [0.717, 1.165) is 38.0 Å². The molecule has 0 spiro atoms. The zero-order valence-electron chi connectivity index (χ0n) is 11.9. The summed E-state index contributed by atoms with van der Waals surface area (Å²) in [6.45, 7) is 4.97. The summed E-state index contributed by atoms with van der Waals surface area (Å²) in [4.78, 5) is 14.7. The molecule has 0 unspecified atom stereocenters. The van der Waals surface area contributed by atoms with E-state index in [4.69, 9.17) is 11.6 Å². The topological polar surface area (TPSA) is 25.2 Å². The van der Waals surface area contributed by atoms with Gasteiger partial charge in [0.25, 0.3) is 5.56 Å². The molecule has 2 rings (SSSR count). The van der Waals surface area contributed by atoms with Gasteiger partial charge < -0.3 is 9.47 Å². The Morgan fingerprint density at radius 3 is 2.84 bits per heavy atom. The summed E-state index contributed by atoms with van der Waals surface area (Å²) in [7, 11) is 2.12. The SMILES string of the molecule is CCCCCn1c2c(cc(CCl)c1=O)CN(C)CC2. The van der Waals surface area contributed by atoms with Crippen LogP contribution in [0.4, 0.5) is 0 Å². The number of likely N-dealkylation sites (N-methyl/N-ethyl adjacent to an activating group) is 1. The van der Waals surface area contributed by atoms with Crippen LogP contribution < -0.4 is 5.56 Å². The van der Waals surface area contributed by atoms with Crippen LogP contribution in [-0.2, 0) is 25.4 Å². The first-order valence-corrected chi connectivity index (χ1v) is 7.69. The van der Waals surface area contributed by atoms with Gasteiger partial charge in [0.05, 0.1) is 5.88 Å². The fourth-order valence-corrected chi connectivity index (χ4v) is 2.97. The highest BCUT2D eigenvalue weighted by Crippen LogP contribution is 2.19. The number of aromatic nitrogens is 1. The lowest BCUT2D eigenvalue weighted by Gasteiger charge is -2.28. The van der Waals surface area contributed by atoms with Crippen LogP contribution in [-0.4, -0.2) is 23.1 Å². The average molecular weight is 283 g/mol. The molecular formula is C15H23ClN2O. The van der Waals surface area contributed by atoms with Crippen molar-refractivity contribution in [1.82, 2.24) is 9.47 Å². The summed E-state index contributed by atoms with van der Waals surface area (Å²) in [5.74, 6) is 0.309. The fourth-order valence-electron chi connectivity index (χ4n) is 2.78. The zero-order valence-corrected chi connectivity index (χ0v) is 12.7. The smallest absolute Gasteiger partial charge is 0.255 e. The fraction of sp³-hybridized carbons (Fsp3) is 0.667. The van der Waals surface area contributed by atoms with Crippen LogP contribution in [0.3, 0.4) is 0 Å². The second kappa shape index (κ2) is 6.58. The number of alkyl halides is 1. The highest BCUT2D eigenvalue weighted by molar-refractivity contribution is 6.17. The normalized spacial score (nSPS) is 15.5. The zero-order chi connectivity index (χ0) is 13.8. The van der Waals surface area contributed by atoms with Crippen LogP contribution in [0.5, 0.6) is 0 Å². The van der Waals surface area contributed by atoms with Crippen molar-refractivity contribution in [1.29, 1.82) is 0 Å². The molecule has 0 aromatic carbocycles. The van der Waals surface area contributed by atoms with Crippen LogP contribution in [0.1, 0.15) is 43.0 Å². The van der Waals surface area contributed by atoms with Crippen LogP contribution in [0.25, 0.3) is 0 Å². The van der Waals surface area contributed by atoms with Crippen molar-refractivity contribution in [2.45, 2.75) is 51.6 Å². The van der Waals surface area contributed by atoms with Crippen molar-refractivity contribution in [3.63, 3.8) is 0 Å². The minimum atomic E-state index is 0.120. The second-order valence-electron chi connectivity index (χ2n) is 5.43. The van der Waals surface area contributed by atoms with Gasteiger partial charge in [-0.15, -0.1) is 11.6 Å². The molecule has 1 aliphatic rings. The number of pyridine rings is 1. The average Bonchev–Trinajstić information content (AvgIpc) is 2.41. The van der Waals surface area contributed by atoms with E-state index in [2.05, 4.69) is 18.9 Å². The molecule has 0 amide bonds. The van der Waals surface area contributed by atoms with Crippen molar-refractivity contribution in [3.8, 4) is 0 Å². The molecule has 0 saturated carbocycles. The number of rotatable bonds is 5. The Bertz CT molecular complexity index is 496. The molecule has 0 radical (unpaired) electrons. The maximum absolute atomic E-state index is 12.4. The molecule has 0 aliphatic carbocycles. The maximum atomic E-state index is 12.4. The minimum absolute atomic E-state index is 0.120. The quantitative estimate of drug-likeness (QED) is 0.613. The number of fused-ring (bicyclic) bond motifs is 1. The van der Waals surface area contributed by atoms with Crippen LogP contribution in [0.2, 0.25) is 0 Å². The van der Waals surface area contributed by atoms with Gasteiger partial charge in [-0.1, -0.05) is 19.8 Å². The highest BCUT2D eigenvalue weighted by atomic mass is 35.5. The van der Waals surface area contributed by atoms with E-state index in [1.807, 2.05) is 10.6 Å². The Kier molecular flexibility index (Phi) is 5.06. The predicted molar refractivity (Wildman–Crippen MR) is 79.8 cm³/mol. The monoisotopic (exact) mass is 282 g/mol. The number of hydrogen-bond donors (Lipinski definition) is 0. The Morgan fingerprint density at radius 1 is 1.37 bits per heavy atom. The van der Waals surface area contributed by atoms with Gasteiger partial charge in [-0.2, -0.15) is 0 Å².